The Balaban J connectivity index is 1.67. The van der Waals surface area contributed by atoms with Gasteiger partial charge in [-0.05, 0) is 30.9 Å². The van der Waals surface area contributed by atoms with Gasteiger partial charge in [-0.15, -0.1) is 0 Å². The maximum absolute atomic E-state index is 6.34. The van der Waals surface area contributed by atoms with E-state index in [9.17, 15) is 0 Å². The highest BCUT2D eigenvalue weighted by Crippen LogP contribution is 2.31. The van der Waals surface area contributed by atoms with Gasteiger partial charge in [0.05, 0.1) is 22.4 Å². The number of aromatic nitrogens is 2. The van der Waals surface area contributed by atoms with E-state index in [1.54, 1.807) is 0 Å². The number of piperidine rings is 1. The van der Waals surface area contributed by atoms with Crippen LogP contribution in [0.1, 0.15) is 26.7 Å². The van der Waals surface area contributed by atoms with E-state index in [1.807, 2.05) is 12.1 Å². The third-order valence-electron chi connectivity index (χ3n) is 3.94. The number of fused-ring (bicyclic) bond motifs is 1. The molecule has 1 N–H and O–H groups in total. The fourth-order valence-electron chi connectivity index (χ4n) is 2.94. The van der Waals surface area contributed by atoms with Gasteiger partial charge in [-0.25, -0.2) is 0 Å². The van der Waals surface area contributed by atoms with Gasteiger partial charge >= 0.3 is 0 Å². The van der Waals surface area contributed by atoms with Crippen LogP contribution in [0.3, 0.4) is 0 Å². The summed E-state index contributed by atoms with van der Waals surface area (Å²) in [5, 5.41) is 4.33. The van der Waals surface area contributed by atoms with Gasteiger partial charge in [0.25, 0.3) is 0 Å². The maximum atomic E-state index is 6.34. The molecule has 114 valence electrons. The number of rotatable bonds is 4. The first-order valence-corrected chi connectivity index (χ1v) is 8.64. The summed E-state index contributed by atoms with van der Waals surface area (Å²) in [6, 6.07) is 4.30. The molecule has 0 saturated carbocycles. The van der Waals surface area contributed by atoms with Crippen LogP contribution in [0.15, 0.2) is 12.1 Å². The highest BCUT2D eigenvalue weighted by molar-refractivity contribution is 7.00. The summed E-state index contributed by atoms with van der Waals surface area (Å²) in [6.07, 6.45) is 2.30. The van der Waals surface area contributed by atoms with Gasteiger partial charge in [0, 0.05) is 25.7 Å². The van der Waals surface area contributed by atoms with Crippen LogP contribution in [-0.2, 0) is 0 Å². The number of hydrogen-bond donors (Lipinski definition) is 1. The van der Waals surface area contributed by atoms with Crippen LogP contribution in [0, 0.1) is 5.92 Å². The molecule has 0 unspecified atom stereocenters. The normalized spacial score (nSPS) is 17.7. The summed E-state index contributed by atoms with van der Waals surface area (Å²) in [7, 11) is 0. The van der Waals surface area contributed by atoms with Crippen molar-refractivity contribution >= 4 is 40.0 Å². The molecule has 4 nitrogen and oxygen atoms in total. The summed E-state index contributed by atoms with van der Waals surface area (Å²) in [5.74, 6) is 0.735. The molecule has 0 aliphatic carbocycles. The second-order valence-corrected chi connectivity index (χ2v) is 7.10. The van der Waals surface area contributed by atoms with E-state index < -0.39 is 0 Å². The van der Waals surface area contributed by atoms with E-state index in [0.29, 0.717) is 6.04 Å². The minimum absolute atomic E-state index is 0.471. The van der Waals surface area contributed by atoms with Crippen molar-refractivity contribution in [3.63, 3.8) is 0 Å². The summed E-state index contributed by atoms with van der Waals surface area (Å²) in [5.41, 5.74) is 2.77. The first-order chi connectivity index (χ1) is 10.1. The summed E-state index contributed by atoms with van der Waals surface area (Å²) in [4.78, 5) is 2.55. The molecule has 1 aromatic carbocycles. The number of benzene rings is 1. The SMILES string of the molecule is CC(C)CN1CCC(Nc2c(Cl)ccc3nsnc23)CC1. The summed E-state index contributed by atoms with van der Waals surface area (Å²) < 4.78 is 8.65. The molecule has 0 amide bonds. The molecule has 1 aromatic heterocycles. The van der Waals surface area contributed by atoms with Gasteiger partial charge in [0.15, 0.2) is 0 Å². The molecule has 21 heavy (non-hydrogen) atoms. The number of anilines is 1. The Bertz CT molecular complexity index is 605. The van der Waals surface area contributed by atoms with Crippen LogP contribution in [0.25, 0.3) is 11.0 Å². The predicted molar refractivity (Wildman–Crippen MR) is 90.3 cm³/mol. The smallest absolute Gasteiger partial charge is 0.129 e. The van der Waals surface area contributed by atoms with Crippen molar-refractivity contribution in [1.29, 1.82) is 0 Å². The second kappa shape index (κ2) is 6.46. The van der Waals surface area contributed by atoms with Crippen molar-refractivity contribution in [1.82, 2.24) is 13.6 Å². The highest BCUT2D eigenvalue weighted by Gasteiger charge is 2.21. The molecule has 3 rings (SSSR count). The number of halogens is 1. The van der Waals surface area contributed by atoms with Gasteiger partial charge in [0.2, 0.25) is 0 Å². The molecule has 2 heterocycles. The van der Waals surface area contributed by atoms with E-state index in [0.717, 1.165) is 53.6 Å². The van der Waals surface area contributed by atoms with E-state index >= 15 is 0 Å². The fourth-order valence-corrected chi connectivity index (χ4v) is 3.69. The average molecular weight is 325 g/mol. The van der Waals surface area contributed by atoms with Crippen LogP contribution < -0.4 is 5.32 Å². The van der Waals surface area contributed by atoms with E-state index in [4.69, 9.17) is 11.6 Å². The standard InChI is InChI=1S/C15H21ClN4S/c1-10(2)9-20-7-5-11(6-8-20)17-14-12(16)3-4-13-15(14)19-21-18-13/h3-4,10-11,17H,5-9H2,1-2H3. The maximum Gasteiger partial charge on any atom is 0.129 e. The van der Waals surface area contributed by atoms with Gasteiger partial charge in [-0.3, -0.25) is 0 Å². The Kier molecular flexibility index (Phi) is 4.62. The minimum atomic E-state index is 0.471. The zero-order chi connectivity index (χ0) is 14.8. The summed E-state index contributed by atoms with van der Waals surface area (Å²) >= 11 is 7.58. The Hall–Kier alpha value is -0.910. The molecule has 1 aliphatic heterocycles. The predicted octanol–water partition coefficient (Wildman–Crippen LogP) is 3.88. The molecule has 2 aromatic rings. The monoisotopic (exact) mass is 324 g/mol. The van der Waals surface area contributed by atoms with Gasteiger partial charge in [-0.1, -0.05) is 25.4 Å². The van der Waals surface area contributed by atoms with Crippen LogP contribution >= 0.6 is 23.3 Å². The van der Waals surface area contributed by atoms with Gasteiger partial charge in [0.1, 0.15) is 11.0 Å². The molecule has 0 radical (unpaired) electrons. The quantitative estimate of drug-likeness (QED) is 0.926. The number of likely N-dealkylation sites (tertiary alicyclic amines) is 1. The first-order valence-electron chi connectivity index (χ1n) is 7.53. The Morgan fingerprint density at radius 2 is 2.10 bits per heavy atom. The van der Waals surface area contributed by atoms with Crippen molar-refractivity contribution in [3.05, 3.63) is 17.2 Å². The largest absolute Gasteiger partial charge is 0.379 e. The molecule has 6 heteroatoms. The van der Waals surface area contributed by atoms with Gasteiger partial charge < -0.3 is 10.2 Å². The van der Waals surface area contributed by atoms with Crippen LogP contribution in [-0.4, -0.2) is 39.3 Å². The van der Waals surface area contributed by atoms with Gasteiger partial charge in [-0.2, -0.15) is 8.75 Å². The third-order valence-corrected chi connectivity index (χ3v) is 4.79. The molecule has 0 bridgehead atoms. The first kappa shape index (κ1) is 15.0. The van der Waals surface area contributed by atoms with Crippen LogP contribution in [0.2, 0.25) is 5.02 Å². The number of hydrogen-bond acceptors (Lipinski definition) is 5. The Labute approximate surface area is 134 Å². The molecular formula is C15H21ClN4S. The lowest BCUT2D eigenvalue weighted by atomic mass is 10.0. The third kappa shape index (κ3) is 3.47. The molecule has 0 spiro atoms. The zero-order valence-corrected chi connectivity index (χ0v) is 14.0. The Morgan fingerprint density at radius 3 is 2.81 bits per heavy atom. The fraction of sp³-hybridized carbons (Fsp3) is 0.600. The minimum Gasteiger partial charge on any atom is -0.379 e. The lowest BCUT2D eigenvalue weighted by Gasteiger charge is -2.33. The lowest BCUT2D eigenvalue weighted by Crippen LogP contribution is -2.40. The zero-order valence-electron chi connectivity index (χ0n) is 12.5. The van der Waals surface area contributed by atoms with Crippen LogP contribution in [0.4, 0.5) is 5.69 Å². The Morgan fingerprint density at radius 1 is 1.33 bits per heavy atom. The molecule has 1 aliphatic rings. The highest BCUT2D eigenvalue weighted by atomic mass is 35.5. The van der Waals surface area contributed by atoms with E-state index in [2.05, 4.69) is 32.8 Å². The van der Waals surface area contributed by atoms with Crippen molar-refractivity contribution in [2.45, 2.75) is 32.7 Å². The average Bonchev–Trinajstić information content (AvgIpc) is 2.92. The van der Waals surface area contributed by atoms with E-state index in [-0.39, 0.29) is 0 Å². The van der Waals surface area contributed by atoms with Crippen molar-refractivity contribution in [2.24, 2.45) is 5.92 Å². The van der Waals surface area contributed by atoms with Crippen molar-refractivity contribution < 1.29 is 0 Å². The topological polar surface area (TPSA) is 41.0 Å². The summed E-state index contributed by atoms with van der Waals surface area (Å²) in [6.45, 7) is 8.05. The molecule has 0 atom stereocenters. The van der Waals surface area contributed by atoms with Crippen molar-refractivity contribution in [3.8, 4) is 0 Å². The lowest BCUT2D eigenvalue weighted by molar-refractivity contribution is 0.198. The van der Waals surface area contributed by atoms with Crippen molar-refractivity contribution in [2.75, 3.05) is 25.0 Å². The number of nitrogens with zero attached hydrogens (tertiary/aromatic N) is 3. The molecule has 1 fully saturated rings. The van der Waals surface area contributed by atoms with E-state index in [1.165, 1.54) is 18.3 Å². The van der Waals surface area contributed by atoms with Crippen LogP contribution in [0.5, 0.6) is 0 Å². The molecular weight excluding hydrogens is 304 g/mol. The number of nitrogens with one attached hydrogen (secondary N) is 1. The second-order valence-electron chi connectivity index (χ2n) is 6.17. The molecule has 1 saturated heterocycles.